The molecule has 1 aromatic heterocycles. The fourth-order valence-electron chi connectivity index (χ4n) is 1.39. The molecule has 1 atom stereocenters. The van der Waals surface area contributed by atoms with Crippen molar-refractivity contribution in [2.75, 3.05) is 0 Å². The Bertz CT molecular complexity index is 449. The molecular formula is C10H9NO3. The molecule has 72 valence electrons. The van der Waals surface area contributed by atoms with E-state index in [0.29, 0.717) is 12.1 Å². The van der Waals surface area contributed by atoms with Crippen molar-refractivity contribution in [3.63, 3.8) is 0 Å². The Morgan fingerprint density at radius 1 is 1.57 bits per heavy atom. The lowest BCUT2D eigenvalue weighted by atomic mass is 10.1. The third kappa shape index (κ3) is 1.35. The Labute approximate surface area is 80.5 Å². The van der Waals surface area contributed by atoms with E-state index in [1.807, 2.05) is 18.2 Å². The number of para-hydroxylation sites is 1. The largest absolute Gasteiger partial charge is 0.460 e. The number of fused-ring (bicyclic) bond motifs is 1. The lowest BCUT2D eigenvalue weighted by Gasteiger charge is -2.09. The molecule has 0 saturated carbocycles. The topological polar surface area (TPSA) is 52.3 Å². The molecule has 0 spiro atoms. The van der Waals surface area contributed by atoms with Crippen LogP contribution >= 0.6 is 0 Å². The molecule has 2 rings (SSSR count). The molecule has 0 N–H and O–H groups in total. The SMILES string of the molecule is CC(OC=O)c1cccc2ocnc12. The van der Waals surface area contributed by atoms with Gasteiger partial charge in [-0.3, -0.25) is 4.79 Å². The van der Waals surface area contributed by atoms with Crippen molar-refractivity contribution >= 4 is 17.6 Å². The van der Waals surface area contributed by atoms with Crippen molar-refractivity contribution in [3.05, 3.63) is 30.2 Å². The van der Waals surface area contributed by atoms with Gasteiger partial charge in [0.25, 0.3) is 6.47 Å². The minimum absolute atomic E-state index is 0.304. The summed E-state index contributed by atoms with van der Waals surface area (Å²) < 4.78 is 9.97. The smallest absolute Gasteiger partial charge is 0.293 e. The van der Waals surface area contributed by atoms with Gasteiger partial charge < -0.3 is 9.15 Å². The first-order valence-corrected chi connectivity index (χ1v) is 4.24. The van der Waals surface area contributed by atoms with Crippen LogP contribution in [-0.4, -0.2) is 11.5 Å². The monoisotopic (exact) mass is 191 g/mol. The number of hydrogen-bond acceptors (Lipinski definition) is 4. The molecule has 1 heterocycles. The summed E-state index contributed by atoms with van der Waals surface area (Å²) in [6.07, 6.45) is 1.07. The van der Waals surface area contributed by atoms with E-state index in [1.54, 1.807) is 6.92 Å². The van der Waals surface area contributed by atoms with Crippen LogP contribution in [0.25, 0.3) is 11.1 Å². The van der Waals surface area contributed by atoms with Crippen LogP contribution in [0.1, 0.15) is 18.6 Å². The Kier molecular flexibility index (Phi) is 2.18. The third-order valence-corrected chi connectivity index (χ3v) is 2.09. The zero-order chi connectivity index (χ0) is 9.97. The van der Waals surface area contributed by atoms with E-state index < -0.39 is 0 Å². The summed E-state index contributed by atoms with van der Waals surface area (Å²) in [6, 6.07) is 5.52. The van der Waals surface area contributed by atoms with E-state index in [-0.39, 0.29) is 6.10 Å². The van der Waals surface area contributed by atoms with Crippen LogP contribution in [0.15, 0.2) is 29.0 Å². The number of aromatic nitrogens is 1. The Balaban J connectivity index is 2.50. The summed E-state index contributed by atoms with van der Waals surface area (Å²) in [7, 11) is 0. The maximum Gasteiger partial charge on any atom is 0.293 e. The average Bonchev–Trinajstić information content (AvgIpc) is 2.65. The van der Waals surface area contributed by atoms with E-state index >= 15 is 0 Å². The molecule has 0 aliphatic carbocycles. The standard InChI is InChI=1S/C10H9NO3/c1-7(14-6-12)8-3-2-4-9-10(8)11-5-13-9/h2-7H,1H3. The second kappa shape index (κ2) is 3.49. The second-order valence-corrected chi connectivity index (χ2v) is 2.92. The van der Waals surface area contributed by atoms with Gasteiger partial charge in [0.2, 0.25) is 0 Å². The summed E-state index contributed by atoms with van der Waals surface area (Å²) in [4.78, 5) is 14.3. The summed E-state index contributed by atoms with van der Waals surface area (Å²) in [5, 5.41) is 0. The Morgan fingerprint density at radius 2 is 2.43 bits per heavy atom. The molecule has 0 aliphatic heterocycles. The third-order valence-electron chi connectivity index (χ3n) is 2.09. The number of carbonyl (C=O) groups excluding carboxylic acids is 1. The first kappa shape index (κ1) is 8.74. The minimum Gasteiger partial charge on any atom is -0.460 e. The lowest BCUT2D eigenvalue weighted by molar-refractivity contribution is -0.133. The van der Waals surface area contributed by atoms with Crippen molar-refractivity contribution in [1.29, 1.82) is 0 Å². The van der Waals surface area contributed by atoms with Crippen molar-refractivity contribution in [3.8, 4) is 0 Å². The molecule has 4 nitrogen and oxygen atoms in total. The van der Waals surface area contributed by atoms with E-state index in [2.05, 4.69) is 4.98 Å². The van der Waals surface area contributed by atoms with Gasteiger partial charge in [0, 0.05) is 5.56 Å². The maximum atomic E-state index is 10.2. The van der Waals surface area contributed by atoms with Gasteiger partial charge in [0.15, 0.2) is 12.0 Å². The van der Waals surface area contributed by atoms with Gasteiger partial charge in [-0.1, -0.05) is 12.1 Å². The second-order valence-electron chi connectivity index (χ2n) is 2.92. The fraction of sp³-hybridized carbons (Fsp3) is 0.200. The highest BCUT2D eigenvalue weighted by Crippen LogP contribution is 2.24. The molecule has 0 fully saturated rings. The van der Waals surface area contributed by atoms with E-state index in [0.717, 1.165) is 11.1 Å². The summed E-state index contributed by atoms with van der Waals surface area (Å²) in [6.45, 7) is 2.22. The van der Waals surface area contributed by atoms with Crippen LogP contribution in [0.5, 0.6) is 0 Å². The van der Waals surface area contributed by atoms with E-state index in [1.165, 1.54) is 6.39 Å². The predicted octanol–water partition coefficient (Wildman–Crippen LogP) is 2.06. The van der Waals surface area contributed by atoms with Crippen LogP contribution in [0, 0.1) is 0 Å². The number of benzene rings is 1. The van der Waals surface area contributed by atoms with Crippen LogP contribution in [0.2, 0.25) is 0 Å². The first-order chi connectivity index (χ1) is 6.83. The molecule has 4 heteroatoms. The van der Waals surface area contributed by atoms with Crippen LogP contribution < -0.4 is 0 Å². The number of nitrogens with zero attached hydrogens (tertiary/aromatic N) is 1. The molecule has 0 aliphatic rings. The van der Waals surface area contributed by atoms with Gasteiger partial charge in [-0.15, -0.1) is 0 Å². The molecule has 0 bridgehead atoms. The van der Waals surface area contributed by atoms with Crippen molar-refractivity contribution in [2.24, 2.45) is 0 Å². The average molecular weight is 191 g/mol. The van der Waals surface area contributed by atoms with Gasteiger partial charge in [-0.05, 0) is 13.0 Å². The van der Waals surface area contributed by atoms with Gasteiger partial charge >= 0.3 is 0 Å². The summed E-state index contributed by atoms with van der Waals surface area (Å²) >= 11 is 0. The highest BCUT2D eigenvalue weighted by molar-refractivity contribution is 5.76. The number of hydrogen-bond donors (Lipinski definition) is 0. The van der Waals surface area contributed by atoms with Crippen LogP contribution in [0.4, 0.5) is 0 Å². The van der Waals surface area contributed by atoms with Gasteiger partial charge in [-0.25, -0.2) is 4.98 Å². The Hall–Kier alpha value is -1.84. The summed E-state index contributed by atoms with van der Waals surface area (Å²) in [5.41, 5.74) is 2.29. The number of carbonyl (C=O) groups is 1. The first-order valence-electron chi connectivity index (χ1n) is 4.24. The molecular weight excluding hydrogens is 182 g/mol. The maximum absolute atomic E-state index is 10.2. The zero-order valence-electron chi connectivity index (χ0n) is 7.64. The molecule has 1 unspecified atom stereocenters. The molecule has 2 aromatic rings. The zero-order valence-corrected chi connectivity index (χ0v) is 7.64. The van der Waals surface area contributed by atoms with E-state index in [9.17, 15) is 4.79 Å². The van der Waals surface area contributed by atoms with E-state index in [4.69, 9.17) is 9.15 Å². The molecule has 0 radical (unpaired) electrons. The Morgan fingerprint density at radius 3 is 3.21 bits per heavy atom. The van der Waals surface area contributed by atoms with Crippen LogP contribution in [-0.2, 0) is 9.53 Å². The summed E-state index contributed by atoms with van der Waals surface area (Å²) in [5.74, 6) is 0. The highest BCUT2D eigenvalue weighted by atomic mass is 16.5. The molecule has 14 heavy (non-hydrogen) atoms. The van der Waals surface area contributed by atoms with Crippen molar-refractivity contribution in [1.82, 2.24) is 4.98 Å². The minimum atomic E-state index is -0.304. The predicted molar refractivity (Wildman–Crippen MR) is 49.6 cm³/mol. The normalized spacial score (nSPS) is 12.6. The van der Waals surface area contributed by atoms with Crippen molar-refractivity contribution in [2.45, 2.75) is 13.0 Å². The molecule has 0 saturated heterocycles. The lowest BCUT2D eigenvalue weighted by Crippen LogP contribution is -1.98. The number of ether oxygens (including phenoxy) is 1. The van der Waals surface area contributed by atoms with Crippen LogP contribution in [0.3, 0.4) is 0 Å². The molecule has 0 amide bonds. The fourth-order valence-corrected chi connectivity index (χ4v) is 1.39. The van der Waals surface area contributed by atoms with Crippen molar-refractivity contribution < 1.29 is 13.9 Å². The molecule has 1 aromatic carbocycles. The van der Waals surface area contributed by atoms with Gasteiger partial charge in [0.1, 0.15) is 11.6 Å². The quantitative estimate of drug-likeness (QED) is 0.697. The number of rotatable bonds is 3. The van der Waals surface area contributed by atoms with Gasteiger partial charge in [0.05, 0.1) is 0 Å². The highest BCUT2D eigenvalue weighted by Gasteiger charge is 2.11. The van der Waals surface area contributed by atoms with Gasteiger partial charge in [-0.2, -0.15) is 0 Å². The number of oxazole rings is 1.